The van der Waals surface area contributed by atoms with Crippen molar-refractivity contribution in [1.29, 1.82) is 0 Å². The van der Waals surface area contributed by atoms with Crippen LogP contribution in [-0.2, 0) is 9.53 Å². The van der Waals surface area contributed by atoms with Crippen LogP contribution in [0.3, 0.4) is 0 Å². The third-order valence-corrected chi connectivity index (χ3v) is 3.45. The number of carbonyl (C=O) groups is 1. The summed E-state index contributed by atoms with van der Waals surface area (Å²) in [6, 6.07) is 3.40. The van der Waals surface area contributed by atoms with Gasteiger partial charge in [0.25, 0.3) is 0 Å². The SMILES string of the molecule is Br.CCOC(=O)CN1C=c2c(Cl)c(Cl)ccc2=NC1N. The standard InChI is InChI=1S/C12H13Cl2N3O2.BrH/c1-2-19-10(18)6-17-5-7-9(16-12(17)15)4-3-8(13)11(7)14;/h3-5,12H,2,6,15H2,1H3;1H. The number of carbonyl (C=O) groups excluding carboxylic acids is 1. The molecule has 0 amide bonds. The maximum absolute atomic E-state index is 11.5. The largest absolute Gasteiger partial charge is 0.465 e. The molecule has 110 valence electrons. The molecule has 1 aromatic rings. The summed E-state index contributed by atoms with van der Waals surface area (Å²) in [6.45, 7) is 2.08. The Bertz CT molecular complexity index is 624. The molecule has 0 saturated heterocycles. The number of esters is 1. The minimum Gasteiger partial charge on any atom is -0.465 e. The Hall–Kier alpha value is -0.820. The van der Waals surface area contributed by atoms with Gasteiger partial charge in [-0.15, -0.1) is 17.0 Å². The minimum absolute atomic E-state index is 0. The topological polar surface area (TPSA) is 67.9 Å². The first kappa shape index (κ1) is 17.2. The van der Waals surface area contributed by atoms with Gasteiger partial charge in [0.1, 0.15) is 6.54 Å². The second-order valence-electron chi connectivity index (χ2n) is 3.94. The van der Waals surface area contributed by atoms with Gasteiger partial charge in [0, 0.05) is 11.4 Å². The van der Waals surface area contributed by atoms with E-state index in [1.54, 1.807) is 30.2 Å². The van der Waals surface area contributed by atoms with Crippen LogP contribution in [0.5, 0.6) is 0 Å². The van der Waals surface area contributed by atoms with E-state index in [9.17, 15) is 4.79 Å². The van der Waals surface area contributed by atoms with Crippen molar-refractivity contribution >= 4 is 52.4 Å². The number of benzene rings is 1. The van der Waals surface area contributed by atoms with Gasteiger partial charge in [-0.05, 0) is 19.1 Å². The van der Waals surface area contributed by atoms with Crippen LogP contribution >= 0.6 is 40.2 Å². The molecule has 0 bridgehead atoms. The fourth-order valence-electron chi connectivity index (χ4n) is 1.75. The molecule has 0 aliphatic carbocycles. The van der Waals surface area contributed by atoms with Gasteiger partial charge < -0.3 is 9.64 Å². The molecular formula is C12H14BrCl2N3O2. The summed E-state index contributed by atoms with van der Waals surface area (Å²) in [7, 11) is 0. The zero-order chi connectivity index (χ0) is 14.0. The quantitative estimate of drug-likeness (QED) is 0.793. The molecule has 1 atom stereocenters. The van der Waals surface area contributed by atoms with Gasteiger partial charge >= 0.3 is 5.97 Å². The maximum Gasteiger partial charge on any atom is 0.325 e. The Morgan fingerprint density at radius 1 is 1.50 bits per heavy atom. The van der Waals surface area contributed by atoms with Crippen molar-refractivity contribution in [3.8, 4) is 0 Å². The molecule has 20 heavy (non-hydrogen) atoms. The molecule has 5 nitrogen and oxygen atoms in total. The van der Waals surface area contributed by atoms with Gasteiger partial charge in [-0.2, -0.15) is 0 Å². The van der Waals surface area contributed by atoms with E-state index in [-0.39, 0.29) is 29.5 Å². The van der Waals surface area contributed by atoms with Crippen molar-refractivity contribution in [3.05, 3.63) is 32.8 Å². The van der Waals surface area contributed by atoms with Crippen LogP contribution in [-0.4, -0.2) is 30.3 Å². The Morgan fingerprint density at radius 2 is 2.20 bits per heavy atom. The van der Waals surface area contributed by atoms with Crippen molar-refractivity contribution < 1.29 is 9.53 Å². The van der Waals surface area contributed by atoms with Crippen LogP contribution < -0.4 is 16.3 Å². The molecule has 0 radical (unpaired) electrons. The predicted octanol–water partition coefficient (Wildman–Crippen LogP) is 1.05. The number of nitrogens with zero attached hydrogens (tertiary/aromatic N) is 2. The highest BCUT2D eigenvalue weighted by Crippen LogP contribution is 2.15. The molecule has 1 heterocycles. The minimum atomic E-state index is -0.644. The highest BCUT2D eigenvalue weighted by molar-refractivity contribution is 8.93. The molecule has 0 aromatic heterocycles. The van der Waals surface area contributed by atoms with Crippen molar-refractivity contribution in [2.75, 3.05) is 13.2 Å². The molecule has 2 rings (SSSR count). The summed E-state index contributed by atoms with van der Waals surface area (Å²) in [5.41, 5.74) is 5.87. The third kappa shape index (κ3) is 3.63. The number of nitrogens with two attached hydrogens (primary N) is 1. The number of fused-ring (bicyclic) bond motifs is 1. The van der Waals surface area contributed by atoms with Gasteiger partial charge in [-0.25, -0.2) is 4.99 Å². The fourth-order valence-corrected chi connectivity index (χ4v) is 2.12. The van der Waals surface area contributed by atoms with E-state index < -0.39 is 6.29 Å². The average Bonchev–Trinajstić information content (AvgIpc) is 2.36. The molecule has 0 fully saturated rings. The zero-order valence-electron chi connectivity index (χ0n) is 10.7. The first-order chi connectivity index (χ1) is 9.02. The van der Waals surface area contributed by atoms with Gasteiger partial charge in [0.15, 0.2) is 6.29 Å². The lowest BCUT2D eigenvalue weighted by atomic mass is 10.2. The molecule has 0 saturated carbocycles. The van der Waals surface area contributed by atoms with E-state index in [4.69, 9.17) is 33.7 Å². The van der Waals surface area contributed by atoms with Gasteiger partial charge in [-0.1, -0.05) is 23.2 Å². The number of halogens is 3. The van der Waals surface area contributed by atoms with E-state index in [1.807, 2.05) is 0 Å². The highest BCUT2D eigenvalue weighted by atomic mass is 79.9. The van der Waals surface area contributed by atoms with Crippen LogP contribution in [0.1, 0.15) is 6.92 Å². The molecule has 0 spiro atoms. The number of hydrogen-bond acceptors (Lipinski definition) is 5. The Morgan fingerprint density at radius 3 is 2.85 bits per heavy atom. The van der Waals surface area contributed by atoms with Crippen LogP contribution in [0.15, 0.2) is 17.1 Å². The summed E-state index contributed by atoms with van der Waals surface area (Å²) in [5.74, 6) is -0.369. The smallest absolute Gasteiger partial charge is 0.325 e. The lowest BCUT2D eigenvalue weighted by molar-refractivity contribution is -0.143. The van der Waals surface area contributed by atoms with Crippen LogP contribution in [0.4, 0.5) is 0 Å². The first-order valence-electron chi connectivity index (χ1n) is 5.73. The summed E-state index contributed by atoms with van der Waals surface area (Å²) >= 11 is 12.1. The van der Waals surface area contributed by atoms with E-state index in [0.29, 0.717) is 27.2 Å². The molecule has 1 unspecified atom stereocenters. The van der Waals surface area contributed by atoms with Gasteiger partial charge in [0.05, 0.1) is 22.0 Å². The molecular weight excluding hydrogens is 369 g/mol. The fraction of sp³-hybridized carbons (Fsp3) is 0.333. The summed E-state index contributed by atoms with van der Waals surface area (Å²) in [5, 5.41) is 2.13. The normalized spacial score (nSPS) is 16.4. The maximum atomic E-state index is 11.5. The van der Waals surface area contributed by atoms with Crippen molar-refractivity contribution in [2.45, 2.75) is 13.2 Å². The Kier molecular flexibility index (Phi) is 6.26. The number of hydrogen-bond donors (Lipinski definition) is 1. The van der Waals surface area contributed by atoms with Crippen LogP contribution in [0.2, 0.25) is 10.0 Å². The monoisotopic (exact) mass is 381 g/mol. The van der Waals surface area contributed by atoms with Gasteiger partial charge in [0.2, 0.25) is 0 Å². The summed E-state index contributed by atoms with van der Waals surface area (Å²) in [4.78, 5) is 17.3. The Labute approximate surface area is 136 Å². The first-order valence-corrected chi connectivity index (χ1v) is 6.49. The van der Waals surface area contributed by atoms with Crippen molar-refractivity contribution in [2.24, 2.45) is 10.7 Å². The average molecular weight is 383 g/mol. The second-order valence-corrected chi connectivity index (χ2v) is 4.73. The lowest BCUT2D eigenvalue weighted by Crippen LogP contribution is -2.48. The Balaban J connectivity index is 0.00000200. The molecule has 1 aromatic carbocycles. The van der Waals surface area contributed by atoms with Crippen LogP contribution in [0.25, 0.3) is 6.20 Å². The van der Waals surface area contributed by atoms with Gasteiger partial charge in [-0.3, -0.25) is 10.5 Å². The lowest BCUT2D eigenvalue weighted by Gasteiger charge is -2.26. The third-order valence-electron chi connectivity index (χ3n) is 2.63. The number of ether oxygens (including phenoxy) is 1. The molecule has 8 heteroatoms. The van der Waals surface area contributed by atoms with E-state index in [2.05, 4.69) is 4.99 Å². The van der Waals surface area contributed by atoms with E-state index in [0.717, 1.165) is 0 Å². The second kappa shape index (κ2) is 7.26. The molecule has 1 aliphatic rings. The van der Waals surface area contributed by atoms with Crippen molar-refractivity contribution in [3.63, 3.8) is 0 Å². The highest BCUT2D eigenvalue weighted by Gasteiger charge is 2.18. The summed E-state index contributed by atoms with van der Waals surface area (Å²) in [6.07, 6.45) is 1.03. The molecule has 2 N–H and O–H groups in total. The molecule has 1 aliphatic heterocycles. The zero-order valence-corrected chi connectivity index (χ0v) is 13.9. The number of rotatable bonds is 3. The van der Waals surface area contributed by atoms with Crippen molar-refractivity contribution in [1.82, 2.24) is 4.90 Å². The van der Waals surface area contributed by atoms with Crippen LogP contribution in [0, 0.1) is 0 Å². The summed E-state index contributed by atoms with van der Waals surface area (Å²) < 4.78 is 4.88. The predicted molar refractivity (Wildman–Crippen MR) is 83.3 cm³/mol. The van der Waals surface area contributed by atoms with E-state index >= 15 is 0 Å². The van der Waals surface area contributed by atoms with E-state index in [1.165, 1.54) is 0 Å².